The van der Waals surface area contributed by atoms with Crippen molar-refractivity contribution in [2.45, 2.75) is 13.0 Å². The minimum Gasteiger partial charge on any atom is -0.486 e. The van der Waals surface area contributed by atoms with E-state index in [1.54, 1.807) is 0 Å². The van der Waals surface area contributed by atoms with Crippen molar-refractivity contribution < 1.29 is 14.6 Å². The molecule has 98 valence electrons. The zero-order valence-corrected chi connectivity index (χ0v) is 10.7. The largest absolute Gasteiger partial charge is 0.486 e. The van der Waals surface area contributed by atoms with Gasteiger partial charge in [-0.05, 0) is 18.4 Å². The molecular formula is C15H15NO3. The van der Waals surface area contributed by atoms with Gasteiger partial charge in [0.15, 0.2) is 5.75 Å². The molecule has 0 saturated heterocycles. The van der Waals surface area contributed by atoms with Crippen molar-refractivity contribution >= 4 is 22.4 Å². The quantitative estimate of drug-likeness (QED) is 0.898. The van der Waals surface area contributed by atoms with Crippen LogP contribution in [0.1, 0.15) is 6.92 Å². The minimum atomic E-state index is -0.826. The Bertz CT molecular complexity index is 638. The summed E-state index contributed by atoms with van der Waals surface area (Å²) in [5, 5.41) is 11.1. The Hall–Kier alpha value is -2.23. The Balaban J connectivity index is 2.15. The van der Waals surface area contributed by atoms with Gasteiger partial charge in [-0.15, -0.1) is 0 Å². The van der Waals surface area contributed by atoms with E-state index in [2.05, 4.69) is 0 Å². The van der Waals surface area contributed by atoms with Crippen LogP contribution < -0.4 is 9.64 Å². The van der Waals surface area contributed by atoms with Crippen LogP contribution in [0.4, 0.5) is 5.69 Å². The molecule has 1 heterocycles. The zero-order chi connectivity index (χ0) is 13.4. The molecule has 0 saturated carbocycles. The van der Waals surface area contributed by atoms with E-state index >= 15 is 0 Å². The number of aliphatic carboxylic acids is 1. The number of fused-ring (bicyclic) bond motifs is 3. The molecule has 3 rings (SSSR count). The van der Waals surface area contributed by atoms with Crippen molar-refractivity contribution in [3.63, 3.8) is 0 Å². The number of carbonyl (C=O) groups is 1. The Labute approximate surface area is 111 Å². The van der Waals surface area contributed by atoms with Crippen molar-refractivity contribution in [3.8, 4) is 5.75 Å². The summed E-state index contributed by atoms with van der Waals surface area (Å²) >= 11 is 0. The first kappa shape index (κ1) is 11.8. The van der Waals surface area contributed by atoms with E-state index in [1.165, 1.54) is 0 Å². The van der Waals surface area contributed by atoms with Gasteiger partial charge in [0.05, 0.1) is 12.2 Å². The average molecular weight is 257 g/mol. The van der Waals surface area contributed by atoms with Crippen LogP contribution in [-0.4, -0.2) is 30.3 Å². The molecule has 2 aromatic carbocycles. The third-order valence-electron chi connectivity index (χ3n) is 3.32. The number of hydrogen-bond donors (Lipinski definition) is 1. The van der Waals surface area contributed by atoms with Crippen molar-refractivity contribution in [2.24, 2.45) is 0 Å². The van der Waals surface area contributed by atoms with Gasteiger partial charge in [0, 0.05) is 5.39 Å². The van der Waals surface area contributed by atoms with Crippen LogP contribution in [0.25, 0.3) is 10.8 Å². The van der Waals surface area contributed by atoms with Gasteiger partial charge in [-0.1, -0.05) is 30.3 Å². The lowest BCUT2D eigenvalue weighted by Crippen LogP contribution is -2.41. The van der Waals surface area contributed by atoms with Crippen LogP contribution >= 0.6 is 0 Å². The fourth-order valence-electron chi connectivity index (χ4n) is 2.56. The van der Waals surface area contributed by atoms with Gasteiger partial charge in [0.1, 0.15) is 12.6 Å². The molecule has 4 nitrogen and oxygen atoms in total. The molecule has 1 atom stereocenters. The Morgan fingerprint density at radius 2 is 2.16 bits per heavy atom. The maximum atomic E-state index is 11.0. The van der Waals surface area contributed by atoms with Crippen LogP contribution in [0, 0.1) is 0 Å². The molecule has 1 N–H and O–H groups in total. The van der Waals surface area contributed by atoms with E-state index in [-0.39, 0.29) is 12.6 Å². The monoisotopic (exact) mass is 257 g/mol. The van der Waals surface area contributed by atoms with E-state index in [1.807, 2.05) is 48.2 Å². The van der Waals surface area contributed by atoms with Crippen molar-refractivity contribution in [2.75, 3.05) is 18.0 Å². The molecule has 2 aromatic rings. The summed E-state index contributed by atoms with van der Waals surface area (Å²) in [6.07, 6.45) is -0.0161. The zero-order valence-electron chi connectivity index (χ0n) is 10.7. The van der Waals surface area contributed by atoms with E-state index in [9.17, 15) is 4.79 Å². The summed E-state index contributed by atoms with van der Waals surface area (Å²) < 4.78 is 5.92. The molecule has 1 aliphatic heterocycles. The third-order valence-corrected chi connectivity index (χ3v) is 3.32. The molecule has 1 aliphatic rings. The highest BCUT2D eigenvalue weighted by Crippen LogP contribution is 2.39. The maximum Gasteiger partial charge on any atom is 0.323 e. The summed E-state index contributed by atoms with van der Waals surface area (Å²) in [5.74, 6) is -0.0358. The smallest absolute Gasteiger partial charge is 0.323 e. The van der Waals surface area contributed by atoms with Gasteiger partial charge >= 0.3 is 5.97 Å². The van der Waals surface area contributed by atoms with Crippen molar-refractivity contribution in [1.82, 2.24) is 0 Å². The highest BCUT2D eigenvalue weighted by Gasteiger charge is 2.25. The van der Waals surface area contributed by atoms with E-state index in [0.717, 1.165) is 22.2 Å². The van der Waals surface area contributed by atoms with Gasteiger partial charge in [0.2, 0.25) is 0 Å². The van der Waals surface area contributed by atoms with Crippen LogP contribution in [-0.2, 0) is 4.79 Å². The second-order valence-corrected chi connectivity index (χ2v) is 4.84. The second-order valence-electron chi connectivity index (χ2n) is 4.84. The molecule has 0 bridgehead atoms. The summed E-state index contributed by atoms with van der Waals surface area (Å²) in [7, 11) is 0. The van der Waals surface area contributed by atoms with Gasteiger partial charge < -0.3 is 14.7 Å². The van der Waals surface area contributed by atoms with Gasteiger partial charge in [-0.2, -0.15) is 0 Å². The number of nitrogens with zero attached hydrogens (tertiary/aromatic N) is 1. The van der Waals surface area contributed by atoms with Crippen LogP contribution in [0.2, 0.25) is 0 Å². The molecule has 0 aliphatic carbocycles. The average Bonchev–Trinajstić information content (AvgIpc) is 2.37. The van der Waals surface area contributed by atoms with Crippen molar-refractivity contribution in [3.05, 3.63) is 36.4 Å². The molecule has 1 unspecified atom stereocenters. The molecular weight excluding hydrogens is 242 g/mol. The number of ether oxygens (including phenoxy) is 1. The van der Waals surface area contributed by atoms with Crippen LogP contribution in [0.5, 0.6) is 5.75 Å². The number of hydrogen-bond acceptors (Lipinski definition) is 3. The summed E-state index contributed by atoms with van der Waals surface area (Å²) in [6.45, 7) is 2.55. The lowest BCUT2D eigenvalue weighted by atomic mass is 10.1. The fraction of sp³-hybridized carbons (Fsp3) is 0.267. The molecule has 0 aromatic heterocycles. The minimum absolute atomic E-state index is 0.000952. The topological polar surface area (TPSA) is 49.8 Å². The lowest BCUT2D eigenvalue weighted by Gasteiger charge is -2.34. The normalized spacial score (nSPS) is 17.9. The molecule has 0 spiro atoms. The van der Waals surface area contributed by atoms with E-state index < -0.39 is 5.97 Å². The lowest BCUT2D eigenvalue weighted by molar-refractivity contribution is -0.135. The van der Waals surface area contributed by atoms with E-state index in [0.29, 0.717) is 6.54 Å². The molecule has 19 heavy (non-hydrogen) atoms. The highest BCUT2D eigenvalue weighted by atomic mass is 16.5. The number of anilines is 1. The fourth-order valence-corrected chi connectivity index (χ4v) is 2.56. The van der Waals surface area contributed by atoms with Gasteiger partial charge in [-0.25, -0.2) is 0 Å². The predicted octanol–water partition coefficient (Wildman–Crippen LogP) is 2.51. The number of carboxylic acid groups (broad SMARTS) is 1. The number of benzene rings is 2. The second kappa shape index (κ2) is 4.46. The SMILES string of the molecule is CC1CN(CC(=O)O)c2ccc3ccccc3c2O1. The first-order valence-electron chi connectivity index (χ1n) is 6.30. The van der Waals surface area contributed by atoms with Crippen LogP contribution in [0.3, 0.4) is 0 Å². The molecule has 4 heteroatoms. The first-order valence-corrected chi connectivity index (χ1v) is 6.30. The standard InChI is InChI=1S/C15H15NO3/c1-10-8-16(9-14(17)18)13-7-6-11-4-2-3-5-12(11)15(13)19-10/h2-7,10H,8-9H2,1H3,(H,17,18). The summed E-state index contributed by atoms with van der Waals surface area (Å²) in [6, 6.07) is 11.9. The molecule has 0 amide bonds. The summed E-state index contributed by atoms with van der Waals surface area (Å²) in [4.78, 5) is 12.8. The maximum absolute atomic E-state index is 11.0. The van der Waals surface area contributed by atoms with E-state index in [4.69, 9.17) is 9.84 Å². The molecule has 0 fully saturated rings. The Morgan fingerprint density at radius 1 is 1.37 bits per heavy atom. The third kappa shape index (κ3) is 2.10. The number of rotatable bonds is 2. The van der Waals surface area contributed by atoms with Crippen molar-refractivity contribution in [1.29, 1.82) is 0 Å². The predicted molar refractivity (Wildman–Crippen MR) is 73.9 cm³/mol. The first-order chi connectivity index (χ1) is 9.15. The van der Waals surface area contributed by atoms with Gasteiger partial charge in [0.25, 0.3) is 0 Å². The van der Waals surface area contributed by atoms with Gasteiger partial charge in [-0.3, -0.25) is 4.79 Å². The Morgan fingerprint density at radius 3 is 2.95 bits per heavy atom. The molecule has 0 radical (unpaired) electrons. The highest BCUT2D eigenvalue weighted by molar-refractivity contribution is 5.94. The van der Waals surface area contributed by atoms with Crippen LogP contribution in [0.15, 0.2) is 36.4 Å². The Kier molecular flexibility index (Phi) is 2.78. The summed E-state index contributed by atoms with van der Waals surface area (Å²) in [5.41, 5.74) is 0.860. The number of carboxylic acids is 1.